The molecule has 12 aromatic carbocycles. The molecule has 0 saturated heterocycles. The maximum Gasteiger partial charge on any atom is 0.113 e. The molecule has 0 spiro atoms. The van der Waals surface area contributed by atoms with Crippen LogP contribution in [0.4, 0.5) is 0 Å². The fourth-order valence-electron chi connectivity index (χ4n) is 19.9. The molecule has 3 fully saturated rings. The second-order valence-corrected chi connectivity index (χ2v) is 32.0. The van der Waals surface area contributed by atoms with Gasteiger partial charge in [-0.25, -0.2) is 0 Å². The van der Waals surface area contributed by atoms with Crippen molar-refractivity contribution in [1.29, 1.82) is 0 Å². The first-order chi connectivity index (χ1) is 51.4. The van der Waals surface area contributed by atoms with Crippen LogP contribution in [0.2, 0.25) is 0 Å². The Balaban J connectivity index is 0.000000118. The van der Waals surface area contributed by atoms with Crippen molar-refractivity contribution in [2.24, 2.45) is 0 Å². The van der Waals surface area contributed by atoms with Crippen LogP contribution in [-0.2, 0) is 156 Å². The van der Waals surface area contributed by atoms with Gasteiger partial charge in [0.1, 0.15) is 23.5 Å². The molecule has 24 rings (SSSR count). The van der Waals surface area contributed by atoms with Gasteiger partial charge in [0.05, 0.1) is 0 Å². The molecule has 0 unspecified atom stereocenters. The summed E-state index contributed by atoms with van der Waals surface area (Å²) in [5.74, 6) is 2.43. The summed E-state index contributed by atoms with van der Waals surface area (Å²) in [4.78, 5) is 0. The molecule has 12 aromatic rings. The second-order valence-electron chi connectivity index (χ2n) is 32.0. The number of hydrogen-bond donors (Lipinski definition) is 0. The SMILES string of the molecule is [B]c1ccc2c(c1)Cc1cc3c(cc1-2)Cc1cc(C2CCC2)ccc1-3.[B]c1ccc2c(c1)Cc1cc3c(cc1-2)Cc1cc2c(cc1-3)Cc1cc(C3CCC3)ccc1-2.[B]c1ccc2c(c1)Cc1cc3c(cc1-2)Cc1cc2c(cc1-3)Cc1cc3c(cc1-2)Cc1cc(C2CCC2)ccc1-3.[CH2-]C[CH2-].[CH2-]C[CH2-].[CH2-]C[CH2-].[Y].[Y].[Y]. The van der Waals surface area contributed by atoms with E-state index in [-0.39, 0.29) is 98.1 Å². The molecule has 0 amide bonds. The summed E-state index contributed by atoms with van der Waals surface area (Å²) in [5, 5.41) is 0. The van der Waals surface area contributed by atoms with E-state index in [0.717, 1.165) is 111 Å². The minimum absolute atomic E-state index is 0. The predicted molar refractivity (Wildman–Crippen MR) is 445 cm³/mol. The molecule has 0 aromatic heterocycles. The van der Waals surface area contributed by atoms with Crippen molar-refractivity contribution in [2.45, 2.75) is 153 Å². The van der Waals surface area contributed by atoms with Gasteiger partial charge in [-0.05, 0) is 404 Å². The van der Waals surface area contributed by atoms with Gasteiger partial charge < -0.3 is 60.8 Å². The summed E-state index contributed by atoms with van der Waals surface area (Å²) >= 11 is 0. The van der Waals surface area contributed by atoms with Crippen molar-refractivity contribution in [3.05, 3.63) is 340 Å². The largest absolute Gasteiger partial charge is 0.372 e. The Morgan fingerprint density at radius 1 is 0.194 bits per heavy atom. The Bertz CT molecular complexity index is 5610. The summed E-state index contributed by atoms with van der Waals surface area (Å²) in [7, 11) is 18.1. The van der Waals surface area contributed by atoms with Gasteiger partial charge in [0.15, 0.2) is 0 Å². The normalized spacial score (nSPS) is 15.3. The molecule has 0 aliphatic heterocycles. The van der Waals surface area contributed by atoms with Crippen molar-refractivity contribution < 1.29 is 98.1 Å². The maximum atomic E-state index is 6.09. The van der Waals surface area contributed by atoms with Crippen LogP contribution in [-0.4, -0.2) is 23.5 Å². The number of benzene rings is 12. The van der Waals surface area contributed by atoms with E-state index in [9.17, 15) is 0 Å². The molecule has 0 N–H and O–H groups in total. The van der Waals surface area contributed by atoms with Crippen LogP contribution in [0.25, 0.3) is 100 Å². The molecule has 0 heterocycles. The fourth-order valence-corrected chi connectivity index (χ4v) is 19.9. The van der Waals surface area contributed by atoms with Gasteiger partial charge in [0, 0.05) is 98.1 Å². The molecule has 108 heavy (non-hydrogen) atoms. The van der Waals surface area contributed by atoms with Gasteiger partial charge >= 0.3 is 0 Å². The Kier molecular flexibility index (Phi) is 22.0. The first-order valence-corrected chi connectivity index (χ1v) is 39.2. The van der Waals surface area contributed by atoms with Crippen molar-refractivity contribution in [2.75, 3.05) is 0 Å². The minimum Gasteiger partial charge on any atom is -0.372 e. The third-order valence-electron chi connectivity index (χ3n) is 25.5. The summed E-state index contributed by atoms with van der Waals surface area (Å²) in [6.45, 7) is 20.2. The fraction of sp³-hybridized carbons (Fsp3) is 0.235. The number of rotatable bonds is 3. The molecular formula is C102H87B3Y3-6. The van der Waals surface area contributed by atoms with E-state index in [1.165, 1.54) is 253 Å². The molecule has 0 atom stereocenters. The third kappa shape index (κ3) is 13.5. The van der Waals surface area contributed by atoms with Gasteiger partial charge in [-0.3, -0.25) is 0 Å². The van der Waals surface area contributed by atoms with Gasteiger partial charge in [-0.1, -0.05) is 145 Å². The average molecular weight is 1610 g/mol. The molecule has 12 aliphatic rings. The zero-order valence-corrected chi connectivity index (χ0v) is 71.1. The van der Waals surface area contributed by atoms with Crippen molar-refractivity contribution in [1.82, 2.24) is 0 Å². The third-order valence-corrected chi connectivity index (χ3v) is 25.5. The van der Waals surface area contributed by atoms with Crippen LogP contribution in [0, 0.1) is 41.5 Å². The molecule has 0 bridgehead atoms. The Morgan fingerprint density at radius 3 is 0.491 bits per heavy atom. The van der Waals surface area contributed by atoms with Gasteiger partial charge in [-0.2, -0.15) is 0 Å². The average Bonchev–Trinajstić information content (AvgIpc) is 1.58. The summed E-state index contributed by atoms with van der Waals surface area (Å²) in [6.07, 6.45) is 24.1. The number of fused-ring (bicyclic) bond motifs is 27. The molecule has 519 valence electrons. The molecule has 9 radical (unpaired) electrons. The van der Waals surface area contributed by atoms with E-state index in [1.54, 1.807) is 22.3 Å². The predicted octanol–water partition coefficient (Wildman–Crippen LogP) is 22.5. The van der Waals surface area contributed by atoms with Crippen LogP contribution in [0.1, 0.15) is 212 Å². The minimum atomic E-state index is 0. The molecule has 3 saturated carbocycles. The quantitative estimate of drug-likeness (QED) is 0.122. The first-order valence-electron chi connectivity index (χ1n) is 39.2. The topological polar surface area (TPSA) is 0 Å². The first kappa shape index (κ1) is 76.1. The van der Waals surface area contributed by atoms with E-state index in [4.69, 9.17) is 23.5 Å². The summed E-state index contributed by atoms with van der Waals surface area (Å²) < 4.78 is 0. The Morgan fingerprint density at radius 2 is 0.333 bits per heavy atom. The monoisotopic (exact) mass is 1610 g/mol. The van der Waals surface area contributed by atoms with Crippen LogP contribution in [0.15, 0.2) is 182 Å². The van der Waals surface area contributed by atoms with Crippen molar-refractivity contribution in [3.63, 3.8) is 0 Å². The molecular weight excluding hydrogens is 1520 g/mol. The van der Waals surface area contributed by atoms with Gasteiger partial charge in [-0.15, -0.1) is 0 Å². The Hall–Kier alpha value is -5.85. The molecule has 6 heteroatoms. The van der Waals surface area contributed by atoms with E-state index >= 15 is 0 Å². The van der Waals surface area contributed by atoms with Crippen molar-refractivity contribution >= 4 is 39.9 Å². The molecule has 12 aliphatic carbocycles. The van der Waals surface area contributed by atoms with E-state index in [0.29, 0.717) is 0 Å². The number of hydrogen-bond acceptors (Lipinski definition) is 0. The van der Waals surface area contributed by atoms with Crippen LogP contribution in [0.5, 0.6) is 0 Å². The van der Waals surface area contributed by atoms with Crippen LogP contribution in [0.3, 0.4) is 0 Å². The van der Waals surface area contributed by atoms with Crippen LogP contribution >= 0.6 is 0 Å². The zero-order chi connectivity index (χ0) is 71.0. The van der Waals surface area contributed by atoms with Gasteiger partial charge in [0.25, 0.3) is 0 Å². The zero-order valence-electron chi connectivity index (χ0n) is 62.6. The van der Waals surface area contributed by atoms with Crippen molar-refractivity contribution in [3.8, 4) is 100 Å². The molecule has 0 nitrogen and oxygen atoms in total. The van der Waals surface area contributed by atoms with E-state index in [1.807, 2.05) is 18.2 Å². The van der Waals surface area contributed by atoms with E-state index in [2.05, 4.69) is 205 Å². The smallest absolute Gasteiger partial charge is 0.113 e. The second kappa shape index (κ2) is 31.3. The summed E-state index contributed by atoms with van der Waals surface area (Å²) in [6, 6.07) is 70.9. The summed E-state index contributed by atoms with van der Waals surface area (Å²) in [5.41, 5.74) is 59.7. The maximum absolute atomic E-state index is 6.09. The van der Waals surface area contributed by atoms with Crippen LogP contribution < -0.4 is 16.4 Å². The van der Waals surface area contributed by atoms with Gasteiger partial charge in [0.2, 0.25) is 0 Å². The standard InChI is InChI=1S/C38H27B.C31H23B.C24H19B.3C3H6.3Y/c39-30-5-7-32-23(13-30)10-25-17-36-27(15-34(25)32)12-29-18-37-28(19-38(29)36)11-26-14-33-24(16-35(26)37)9-22-8-21(4-6-31(22)33)20-2-1-3-20;32-25-5-7-27-20(12-25)10-22-16-31-24(14-29(22)27)11-23-13-28-21(15-30(23)31)9-19-8-18(4-6-26(19)28)17-2-1-3-17;25-20-5-7-22-17(11-20)10-19-13-23-18(12-24(19)22)9-16-8-15(4-6-21(16)23)14-2-1-3-14;3*1-3-2;;;/h4-8,13-20H,1-3,9-12H2;4-8,12-17H,1-3,9-11H2;4-8,11-14H,1-3,9-10H2;3*1-3H2;;;/q;;;3*-2;;;. The van der Waals surface area contributed by atoms with E-state index < -0.39 is 0 Å². The Labute approximate surface area is 723 Å².